The van der Waals surface area contributed by atoms with E-state index in [9.17, 15) is 0 Å². The monoisotopic (exact) mass is 189 g/mol. The molecule has 0 radical (unpaired) electrons. The lowest BCUT2D eigenvalue weighted by atomic mass is 10.1. The highest BCUT2D eigenvalue weighted by atomic mass is 31.0. The summed E-state index contributed by atoms with van der Waals surface area (Å²) in [6.45, 7) is 4.28. The molecule has 0 aliphatic rings. The zero-order valence-corrected chi connectivity index (χ0v) is 8.83. The van der Waals surface area contributed by atoms with Crippen molar-refractivity contribution in [2.45, 2.75) is 13.8 Å². The van der Waals surface area contributed by atoms with Crippen LogP contribution in [0.3, 0.4) is 0 Å². The number of hydrogen-bond donors (Lipinski definition) is 0. The summed E-state index contributed by atoms with van der Waals surface area (Å²) < 4.78 is 4.29. The van der Waals surface area contributed by atoms with Gasteiger partial charge in [0, 0.05) is 11.5 Å². The Hall–Kier alpha value is -1.07. The van der Waals surface area contributed by atoms with E-state index in [2.05, 4.69) is 42.9 Å². The predicted molar refractivity (Wildman–Crippen MR) is 58.6 cm³/mol. The number of benzene rings is 1. The molecule has 0 bridgehead atoms. The lowest BCUT2D eigenvalue weighted by Gasteiger charge is -2.03. The topological polar surface area (TPSA) is 12.9 Å². The lowest BCUT2D eigenvalue weighted by molar-refractivity contribution is 1.43. The first-order chi connectivity index (χ1) is 6.29. The zero-order chi connectivity index (χ0) is 9.26. The van der Waals surface area contributed by atoms with Gasteiger partial charge >= 0.3 is 0 Å². The Kier molecular flexibility index (Phi) is 2.20. The molecule has 1 nitrogen and oxygen atoms in total. The first-order valence-electron chi connectivity index (χ1n) is 4.35. The van der Waals surface area contributed by atoms with Gasteiger partial charge in [0.15, 0.2) is 0 Å². The van der Waals surface area contributed by atoms with Crippen LogP contribution < -0.4 is 0 Å². The van der Waals surface area contributed by atoms with Gasteiger partial charge in [0.25, 0.3) is 0 Å². The Balaban J connectivity index is 2.59. The van der Waals surface area contributed by atoms with Crippen molar-refractivity contribution in [3.05, 3.63) is 41.6 Å². The minimum Gasteiger partial charge on any atom is -0.248 e. The second-order valence-corrected chi connectivity index (χ2v) is 4.22. The molecule has 2 aromatic rings. The summed E-state index contributed by atoms with van der Waals surface area (Å²) >= 11 is 0. The summed E-state index contributed by atoms with van der Waals surface area (Å²) in [6.07, 6.45) is 1.97. The van der Waals surface area contributed by atoms with Crippen LogP contribution in [0.5, 0.6) is 0 Å². The number of aryl methyl sites for hydroxylation is 2. The van der Waals surface area contributed by atoms with Gasteiger partial charge in [-0.05, 0) is 38.9 Å². The van der Waals surface area contributed by atoms with Gasteiger partial charge in [-0.1, -0.05) is 24.3 Å². The molecule has 1 heterocycles. The molecule has 1 atom stereocenters. The van der Waals surface area contributed by atoms with Crippen LogP contribution in [0, 0.1) is 13.8 Å². The average molecular weight is 189 g/mol. The number of hydrogen-bond acceptors (Lipinski definition) is 1. The third kappa shape index (κ3) is 1.52. The van der Waals surface area contributed by atoms with Gasteiger partial charge in [-0.2, -0.15) is 0 Å². The van der Waals surface area contributed by atoms with E-state index in [0.717, 1.165) is 0 Å². The predicted octanol–water partition coefficient (Wildman–Crippen LogP) is 3.40. The molecule has 0 aliphatic carbocycles. The van der Waals surface area contributed by atoms with Crippen molar-refractivity contribution < 1.29 is 0 Å². The third-order valence-electron chi connectivity index (χ3n) is 2.24. The van der Waals surface area contributed by atoms with Crippen molar-refractivity contribution in [3.63, 3.8) is 0 Å². The molecule has 0 N–H and O–H groups in total. The summed E-state index contributed by atoms with van der Waals surface area (Å²) in [7, 11) is 0.603. The average Bonchev–Trinajstić information content (AvgIpc) is 2.52. The molecule has 0 amide bonds. The molecular weight excluding hydrogens is 177 g/mol. The molecule has 2 heteroatoms. The van der Waals surface area contributed by atoms with E-state index in [-0.39, 0.29) is 0 Å². The first-order valence-corrected chi connectivity index (χ1v) is 5.30. The Labute approximate surface area is 80.0 Å². The van der Waals surface area contributed by atoms with Crippen LogP contribution in [0.25, 0.3) is 10.9 Å². The summed E-state index contributed by atoms with van der Waals surface area (Å²) in [5.41, 5.74) is 4.01. The van der Waals surface area contributed by atoms with Gasteiger partial charge in [-0.3, -0.25) is 0 Å². The maximum Gasteiger partial charge on any atom is 0.0345 e. The second-order valence-electron chi connectivity index (χ2n) is 3.24. The maximum atomic E-state index is 4.29. The Bertz CT molecular complexity index is 418. The van der Waals surface area contributed by atoms with E-state index in [1.165, 1.54) is 22.0 Å². The minimum atomic E-state index is 0.603. The van der Waals surface area contributed by atoms with Gasteiger partial charge in [0.2, 0.25) is 0 Å². The molecular formula is C11H12NP. The van der Waals surface area contributed by atoms with Crippen molar-refractivity contribution in [2.24, 2.45) is 0 Å². The zero-order valence-electron chi connectivity index (χ0n) is 7.83. The molecule has 1 unspecified atom stereocenters. The fourth-order valence-electron chi connectivity index (χ4n) is 1.47. The van der Waals surface area contributed by atoms with Crippen LogP contribution in [0.15, 0.2) is 30.5 Å². The fourth-order valence-corrected chi connectivity index (χ4v) is 2.50. The van der Waals surface area contributed by atoms with Crippen LogP contribution in [0.2, 0.25) is 0 Å². The minimum absolute atomic E-state index is 0.603. The van der Waals surface area contributed by atoms with Gasteiger partial charge < -0.3 is 0 Å². The third-order valence-corrected chi connectivity index (χ3v) is 3.39. The van der Waals surface area contributed by atoms with Crippen molar-refractivity contribution in [2.75, 3.05) is 0 Å². The fraction of sp³-hybridized carbons (Fsp3) is 0.182. The van der Waals surface area contributed by atoms with Gasteiger partial charge in [0.05, 0.1) is 0 Å². The molecule has 0 saturated heterocycles. The molecule has 0 saturated carbocycles. The summed E-state index contributed by atoms with van der Waals surface area (Å²) in [5, 5.41) is 1.40. The first kappa shape index (κ1) is 8.52. The van der Waals surface area contributed by atoms with Crippen molar-refractivity contribution >= 4 is 8.35 Å². The SMILES string of the molecule is Cc1ccccc1-c1[pH]ncc1C. The van der Waals surface area contributed by atoms with Crippen molar-refractivity contribution in [1.29, 1.82) is 0 Å². The molecule has 0 spiro atoms. The van der Waals surface area contributed by atoms with Crippen molar-refractivity contribution in [3.8, 4) is 10.9 Å². The molecule has 0 aliphatic heterocycles. The van der Waals surface area contributed by atoms with Gasteiger partial charge in [0.1, 0.15) is 0 Å². The van der Waals surface area contributed by atoms with Crippen LogP contribution in [0.4, 0.5) is 0 Å². The Morgan fingerprint density at radius 2 is 1.85 bits per heavy atom. The number of aromatic nitrogens is 1. The maximum absolute atomic E-state index is 4.29. The van der Waals surface area contributed by atoms with Gasteiger partial charge in [-0.25, -0.2) is 4.75 Å². The van der Waals surface area contributed by atoms with E-state index in [1.54, 1.807) is 0 Å². The van der Waals surface area contributed by atoms with Crippen LogP contribution in [-0.4, -0.2) is 4.75 Å². The number of nitrogens with zero attached hydrogens (tertiary/aromatic N) is 1. The Morgan fingerprint density at radius 1 is 1.08 bits per heavy atom. The summed E-state index contributed by atoms with van der Waals surface area (Å²) in [4.78, 5) is 0. The van der Waals surface area contributed by atoms with Crippen LogP contribution >= 0.6 is 8.35 Å². The van der Waals surface area contributed by atoms with E-state index < -0.39 is 0 Å². The van der Waals surface area contributed by atoms with Crippen LogP contribution in [0.1, 0.15) is 11.1 Å². The van der Waals surface area contributed by atoms with E-state index in [0.29, 0.717) is 8.35 Å². The largest absolute Gasteiger partial charge is 0.248 e. The lowest BCUT2D eigenvalue weighted by Crippen LogP contribution is -1.79. The molecule has 1 aromatic carbocycles. The highest BCUT2D eigenvalue weighted by molar-refractivity contribution is 7.29. The van der Waals surface area contributed by atoms with E-state index in [1.807, 2.05) is 6.20 Å². The van der Waals surface area contributed by atoms with Crippen LogP contribution in [-0.2, 0) is 0 Å². The molecule has 2 rings (SSSR count). The van der Waals surface area contributed by atoms with E-state index >= 15 is 0 Å². The number of rotatable bonds is 1. The smallest absolute Gasteiger partial charge is 0.0345 e. The summed E-state index contributed by atoms with van der Waals surface area (Å²) in [6, 6.07) is 8.49. The van der Waals surface area contributed by atoms with Crippen molar-refractivity contribution in [1.82, 2.24) is 4.75 Å². The highest BCUT2D eigenvalue weighted by Gasteiger charge is 2.04. The normalized spacial score (nSPS) is 10.9. The molecule has 0 fully saturated rings. The quantitative estimate of drug-likeness (QED) is 0.670. The molecule has 66 valence electrons. The van der Waals surface area contributed by atoms with E-state index in [4.69, 9.17) is 0 Å². The second kappa shape index (κ2) is 3.35. The Morgan fingerprint density at radius 3 is 2.46 bits per heavy atom. The molecule has 1 aromatic heterocycles. The highest BCUT2D eigenvalue weighted by Crippen LogP contribution is 2.32. The summed E-state index contributed by atoms with van der Waals surface area (Å²) in [5.74, 6) is 0. The van der Waals surface area contributed by atoms with Gasteiger partial charge in [-0.15, -0.1) is 0 Å². The molecule has 13 heavy (non-hydrogen) atoms. The standard InChI is InChI=1S/C11H12NP/c1-8-5-3-4-6-10(8)11-9(2)7-12-13-11/h3-7,13H,1-2H3.